The first-order valence-corrected chi connectivity index (χ1v) is 6.31. The van der Waals surface area contributed by atoms with Gasteiger partial charge in [-0.25, -0.2) is 0 Å². The molecule has 0 saturated heterocycles. The first-order valence-electron chi connectivity index (χ1n) is 6.31. The molecule has 0 heterocycles. The number of aliphatic hydroxyl groups is 2. The monoisotopic (exact) mass is 269 g/mol. The van der Waals surface area contributed by atoms with E-state index in [-0.39, 0.29) is 0 Å². The van der Waals surface area contributed by atoms with E-state index in [1.807, 2.05) is 23.1 Å². The topological polar surface area (TPSA) is 62.2 Å². The molecule has 0 fully saturated rings. The summed E-state index contributed by atoms with van der Waals surface area (Å²) >= 11 is 0. The summed E-state index contributed by atoms with van der Waals surface area (Å²) in [4.78, 5) is 1.89. The van der Waals surface area contributed by atoms with Crippen LogP contribution < -0.4 is 14.4 Å². The molecule has 0 saturated carbocycles. The van der Waals surface area contributed by atoms with Crippen LogP contribution in [0.25, 0.3) is 0 Å². The standard InChI is InChI=1S/C14H23NO4/c1-10(16)8-15(9-11(2)17)13-7-12(18-3)5-6-14(13)19-4/h5-7,10-11,16-17H,8-9H2,1-4H3/t10-,11-/m1/s1. The zero-order valence-electron chi connectivity index (χ0n) is 12.0. The van der Waals surface area contributed by atoms with Crippen molar-refractivity contribution < 1.29 is 19.7 Å². The quantitative estimate of drug-likeness (QED) is 0.780. The summed E-state index contributed by atoms with van der Waals surface area (Å²) < 4.78 is 10.5. The Bertz CT molecular complexity index is 383. The molecule has 0 aromatic heterocycles. The van der Waals surface area contributed by atoms with Gasteiger partial charge in [0.2, 0.25) is 0 Å². The molecule has 2 N–H and O–H groups in total. The molecule has 5 nitrogen and oxygen atoms in total. The fourth-order valence-electron chi connectivity index (χ4n) is 1.95. The summed E-state index contributed by atoms with van der Waals surface area (Å²) in [5, 5.41) is 19.2. The highest BCUT2D eigenvalue weighted by atomic mass is 16.5. The molecule has 0 aliphatic heterocycles. The zero-order chi connectivity index (χ0) is 14.4. The number of aliphatic hydroxyl groups excluding tert-OH is 2. The van der Waals surface area contributed by atoms with Crippen LogP contribution in [0.3, 0.4) is 0 Å². The fraction of sp³-hybridized carbons (Fsp3) is 0.571. The SMILES string of the molecule is COc1ccc(OC)c(N(C[C@@H](C)O)C[C@@H](C)O)c1. The van der Waals surface area contributed by atoms with Gasteiger partial charge in [0.25, 0.3) is 0 Å². The van der Waals surface area contributed by atoms with E-state index in [2.05, 4.69) is 0 Å². The second kappa shape index (κ2) is 7.21. The van der Waals surface area contributed by atoms with Gasteiger partial charge in [-0.3, -0.25) is 0 Å². The van der Waals surface area contributed by atoms with Crippen molar-refractivity contribution in [3.05, 3.63) is 18.2 Å². The summed E-state index contributed by atoms with van der Waals surface area (Å²) in [6, 6.07) is 5.46. The molecule has 1 aromatic carbocycles. The first-order chi connectivity index (χ1) is 8.97. The number of nitrogens with zero attached hydrogens (tertiary/aromatic N) is 1. The number of ether oxygens (including phenoxy) is 2. The minimum Gasteiger partial charge on any atom is -0.497 e. The predicted molar refractivity (Wildman–Crippen MR) is 75.1 cm³/mol. The number of benzene rings is 1. The van der Waals surface area contributed by atoms with Crippen molar-refractivity contribution in [2.45, 2.75) is 26.1 Å². The van der Waals surface area contributed by atoms with Crippen molar-refractivity contribution in [3.63, 3.8) is 0 Å². The van der Waals surface area contributed by atoms with Crippen molar-refractivity contribution >= 4 is 5.69 Å². The lowest BCUT2D eigenvalue weighted by Gasteiger charge is -2.29. The van der Waals surface area contributed by atoms with Gasteiger partial charge in [0.1, 0.15) is 11.5 Å². The summed E-state index contributed by atoms with van der Waals surface area (Å²) in [6.07, 6.45) is -1.01. The lowest BCUT2D eigenvalue weighted by molar-refractivity contribution is 0.178. The summed E-state index contributed by atoms with van der Waals surface area (Å²) in [6.45, 7) is 4.24. The number of hydrogen-bond donors (Lipinski definition) is 2. The van der Waals surface area contributed by atoms with Gasteiger partial charge in [-0.05, 0) is 26.0 Å². The van der Waals surface area contributed by atoms with E-state index >= 15 is 0 Å². The van der Waals surface area contributed by atoms with Gasteiger partial charge in [-0.1, -0.05) is 0 Å². The van der Waals surface area contributed by atoms with E-state index in [9.17, 15) is 10.2 Å². The van der Waals surface area contributed by atoms with E-state index in [1.165, 1.54) is 0 Å². The van der Waals surface area contributed by atoms with Crippen LogP contribution in [0.4, 0.5) is 5.69 Å². The van der Waals surface area contributed by atoms with Crippen LogP contribution in [0.5, 0.6) is 11.5 Å². The maximum atomic E-state index is 9.59. The van der Waals surface area contributed by atoms with Crippen molar-refractivity contribution in [1.82, 2.24) is 0 Å². The molecule has 19 heavy (non-hydrogen) atoms. The second-order valence-electron chi connectivity index (χ2n) is 4.64. The molecule has 0 aliphatic rings. The molecule has 108 valence electrons. The summed E-state index contributed by atoms with van der Waals surface area (Å²) in [7, 11) is 3.19. The average molecular weight is 269 g/mol. The van der Waals surface area contributed by atoms with Crippen molar-refractivity contribution in [2.24, 2.45) is 0 Å². The molecule has 1 aromatic rings. The smallest absolute Gasteiger partial charge is 0.142 e. The second-order valence-corrected chi connectivity index (χ2v) is 4.64. The first kappa shape index (κ1) is 15.6. The van der Waals surface area contributed by atoms with Crippen LogP contribution in [0, 0.1) is 0 Å². The molecule has 0 radical (unpaired) electrons. The Kier molecular flexibility index (Phi) is 5.92. The largest absolute Gasteiger partial charge is 0.497 e. The van der Waals surface area contributed by atoms with Crippen LogP contribution in [0.15, 0.2) is 18.2 Å². The molecule has 0 bridgehead atoms. The minimum atomic E-state index is -0.505. The number of rotatable bonds is 7. The average Bonchev–Trinajstić information content (AvgIpc) is 2.36. The molecule has 0 aliphatic carbocycles. The fourth-order valence-corrected chi connectivity index (χ4v) is 1.95. The van der Waals surface area contributed by atoms with E-state index in [0.717, 1.165) is 5.69 Å². The van der Waals surface area contributed by atoms with Crippen molar-refractivity contribution in [2.75, 3.05) is 32.2 Å². The Hall–Kier alpha value is -1.46. The molecule has 0 spiro atoms. The Balaban J connectivity index is 3.10. The third-order valence-electron chi connectivity index (χ3n) is 2.70. The van der Waals surface area contributed by atoms with Gasteiger partial charge < -0.3 is 24.6 Å². The molecule has 1 rings (SSSR count). The Morgan fingerprint density at radius 3 is 2.05 bits per heavy atom. The van der Waals surface area contributed by atoms with Crippen LogP contribution in [0.2, 0.25) is 0 Å². The highest BCUT2D eigenvalue weighted by molar-refractivity contribution is 5.61. The molecular formula is C14H23NO4. The third kappa shape index (κ3) is 4.61. The van der Waals surface area contributed by atoms with Crippen LogP contribution in [0.1, 0.15) is 13.8 Å². The zero-order valence-corrected chi connectivity index (χ0v) is 12.0. The lowest BCUT2D eigenvalue weighted by atomic mass is 10.2. The Labute approximate surface area is 114 Å². The van der Waals surface area contributed by atoms with Crippen LogP contribution in [-0.4, -0.2) is 49.7 Å². The van der Waals surface area contributed by atoms with E-state index in [1.54, 1.807) is 28.1 Å². The normalized spacial score (nSPS) is 13.8. The molecule has 0 unspecified atom stereocenters. The van der Waals surface area contributed by atoms with Crippen LogP contribution in [-0.2, 0) is 0 Å². The Morgan fingerprint density at radius 2 is 1.63 bits per heavy atom. The number of hydrogen-bond acceptors (Lipinski definition) is 5. The predicted octanol–water partition coefficient (Wildman–Crippen LogP) is 1.27. The molecule has 2 atom stereocenters. The van der Waals surface area contributed by atoms with Crippen LogP contribution >= 0.6 is 0 Å². The maximum absolute atomic E-state index is 9.59. The number of methoxy groups -OCH3 is 2. The maximum Gasteiger partial charge on any atom is 0.142 e. The summed E-state index contributed by atoms with van der Waals surface area (Å²) in [5.74, 6) is 1.39. The van der Waals surface area contributed by atoms with Crippen molar-refractivity contribution in [1.29, 1.82) is 0 Å². The van der Waals surface area contributed by atoms with E-state index in [4.69, 9.17) is 9.47 Å². The summed E-state index contributed by atoms with van der Waals surface area (Å²) in [5.41, 5.74) is 0.795. The van der Waals surface area contributed by atoms with Gasteiger partial charge >= 0.3 is 0 Å². The van der Waals surface area contributed by atoms with Gasteiger partial charge in [0.15, 0.2) is 0 Å². The van der Waals surface area contributed by atoms with E-state index < -0.39 is 12.2 Å². The van der Waals surface area contributed by atoms with Gasteiger partial charge in [0, 0.05) is 19.2 Å². The third-order valence-corrected chi connectivity index (χ3v) is 2.70. The molecule has 5 heteroatoms. The lowest BCUT2D eigenvalue weighted by Crippen LogP contribution is -2.36. The van der Waals surface area contributed by atoms with Gasteiger partial charge in [-0.15, -0.1) is 0 Å². The highest BCUT2D eigenvalue weighted by Gasteiger charge is 2.17. The molecule has 0 amide bonds. The molecular weight excluding hydrogens is 246 g/mol. The highest BCUT2D eigenvalue weighted by Crippen LogP contribution is 2.32. The minimum absolute atomic E-state index is 0.411. The Morgan fingerprint density at radius 1 is 1.05 bits per heavy atom. The van der Waals surface area contributed by atoms with Gasteiger partial charge in [-0.2, -0.15) is 0 Å². The van der Waals surface area contributed by atoms with E-state index in [0.29, 0.717) is 24.6 Å². The number of anilines is 1. The van der Waals surface area contributed by atoms with Crippen molar-refractivity contribution in [3.8, 4) is 11.5 Å². The van der Waals surface area contributed by atoms with Gasteiger partial charge in [0.05, 0.1) is 32.1 Å².